The van der Waals surface area contributed by atoms with E-state index >= 15 is 0 Å². The van der Waals surface area contributed by atoms with Crippen molar-refractivity contribution in [3.8, 4) is 0 Å². The predicted molar refractivity (Wildman–Crippen MR) is 116 cm³/mol. The third-order valence-electron chi connectivity index (χ3n) is 5.89. The van der Waals surface area contributed by atoms with Gasteiger partial charge in [-0.2, -0.15) is 0 Å². The van der Waals surface area contributed by atoms with Gasteiger partial charge >= 0.3 is 5.69 Å². The summed E-state index contributed by atoms with van der Waals surface area (Å²) >= 11 is 12.4. The Morgan fingerprint density at radius 3 is 2.27 bits per heavy atom. The largest absolute Gasteiger partial charge is 0.332 e. The lowest BCUT2D eigenvalue weighted by molar-refractivity contribution is 0.0953. The van der Waals surface area contributed by atoms with Gasteiger partial charge in [-0.05, 0) is 17.7 Å². The molecular formula is C22H15Cl2N3O3. The van der Waals surface area contributed by atoms with Crippen LogP contribution >= 0.6 is 23.2 Å². The molecule has 30 heavy (non-hydrogen) atoms. The lowest BCUT2D eigenvalue weighted by atomic mass is 9.76. The summed E-state index contributed by atoms with van der Waals surface area (Å²) in [5.41, 5.74) is 1.84. The van der Waals surface area contributed by atoms with Crippen LogP contribution in [-0.4, -0.2) is 20.6 Å². The molecule has 8 heteroatoms. The van der Waals surface area contributed by atoms with Crippen molar-refractivity contribution in [2.75, 3.05) is 0 Å². The number of nitrogens with zero attached hydrogens (tertiary/aromatic N) is 3. The highest BCUT2D eigenvalue weighted by Gasteiger charge is 2.47. The van der Waals surface area contributed by atoms with Gasteiger partial charge in [0.15, 0.2) is 5.78 Å². The molecule has 1 aromatic heterocycles. The zero-order valence-corrected chi connectivity index (χ0v) is 17.5. The Bertz CT molecular complexity index is 1420. The molecule has 5 rings (SSSR count). The number of aliphatic imine (C=N–C) groups is 1. The minimum absolute atomic E-state index is 0.109. The number of hydrogen-bond acceptors (Lipinski definition) is 4. The van der Waals surface area contributed by atoms with Crippen molar-refractivity contribution in [2.24, 2.45) is 25.0 Å². The van der Waals surface area contributed by atoms with Crippen LogP contribution in [0, 0.1) is 5.92 Å². The third-order valence-corrected chi connectivity index (χ3v) is 6.63. The number of hydrogen-bond donors (Lipinski definition) is 0. The van der Waals surface area contributed by atoms with E-state index in [9.17, 15) is 14.4 Å². The first-order valence-electron chi connectivity index (χ1n) is 9.28. The number of rotatable bonds is 1. The van der Waals surface area contributed by atoms with E-state index < -0.39 is 23.1 Å². The number of fused-ring (bicyclic) bond motifs is 4. The lowest BCUT2D eigenvalue weighted by Crippen LogP contribution is -2.43. The first kappa shape index (κ1) is 19.0. The molecule has 0 unspecified atom stereocenters. The zero-order valence-electron chi connectivity index (χ0n) is 16.0. The van der Waals surface area contributed by atoms with Crippen LogP contribution in [-0.2, 0) is 14.1 Å². The minimum atomic E-state index is -0.683. The van der Waals surface area contributed by atoms with Crippen molar-refractivity contribution >= 4 is 40.5 Å². The Labute approximate surface area is 181 Å². The summed E-state index contributed by atoms with van der Waals surface area (Å²) in [6.45, 7) is 0. The number of Topliss-reactive ketones (excluding diaryl/α,β-unsaturated/α-hetero) is 1. The second-order valence-electron chi connectivity index (χ2n) is 7.48. The van der Waals surface area contributed by atoms with Crippen LogP contribution in [0.2, 0.25) is 10.0 Å². The molecule has 2 heterocycles. The van der Waals surface area contributed by atoms with Crippen molar-refractivity contribution in [3.63, 3.8) is 0 Å². The van der Waals surface area contributed by atoms with E-state index in [2.05, 4.69) is 4.99 Å². The minimum Gasteiger partial charge on any atom is -0.293 e. The van der Waals surface area contributed by atoms with Crippen LogP contribution in [0.15, 0.2) is 57.0 Å². The molecule has 0 bridgehead atoms. The monoisotopic (exact) mass is 439 g/mol. The summed E-state index contributed by atoms with van der Waals surface area (Å²) < 4.78 is 2.38. The van der Waals surface area contributed by atoms with E-state index in [4.69, 9.17) is 23.2 Å². The normalized spacial score (nSPS) is 19.2. The number of carbonyl (C=O) groups is 1. The van der Waals surface area contributed by atoms with E-state index in [1.54, 1.807) is 37.4 Å². The van der Waals surface area contributed by atoms with E-state index in [-0.39, 0.29) is 11.6 Å². The summed E-state index contributed by atoms with van der Waals surface area (Å²) in [6, 6.07) is 12.3. The van der Waals surface area contributed by atoms with Gasteiger partial charge in [0.05, 0.1) is 27.2 Å². The molecule has 0 saturated heterocycles. The quantitative estimate of drug-likeness (QED) is 0.582. The van der Waals surface area contributed by atoms with Crippen LogP contribution in [0.25, 0.3) is 0 Å². The number of aromatic nitrogens is 2. The van der Waals surface area contributed by atoms with Crippen molar-refractivity contribution in [1.29, 1.82) is 0 Å². The van der Waals surface area contributed by atoms with Crippen molar-refractivity contribution in [3.05, 3.63) is 95.6 Å². The molecule has 0 fully saturated rings. The molecule has 0 spiro atoms. The Morgan fingerprint density at radius 2 is 1.57 bits per heavy atom. The smallest absolute Gasteiger partial charge is 0.293 e. The molecule has 0 amide bonds. The summed E-state index contributed by atoms with van der Waals surface area (Å²) in [7, 11) is 2.99. The van der Waals surface area contributed by atoms with E-state index in [1.807, 2.05) is 12.1 Å². The number of ketones is 1. The summed E-state index contributed by atoms with van der Waals surface area (Å²) in [4.78, 5) is 43.8. The number of benzene rings is 2. The average Bonchev–Trinajstić information content (AvgIpc) is 3.03. The lowest BCUT2D eigenvalue weighted by Gasteiger charge is -2.30. The maximum atomic E-state index is 13.4. The molecular weight excluding hydrogens is 425 g/mol. The van der Waals surface area contributed by atoms with Gasteiger partial charge in [0.1, 0.15) is 5.82 Å². The predicted octanol–water partition coefficient (Wildman–Crippen LogP) is 3.47. The molecule has 2 aliphatic rings. The highest BCUT2D eigenvalue weighted by Crippen LogP contribution is 2.47. The standard InChI is InChI=1S/C22H15Cl2N3O3/c1-26-20-17(21(29)27(2)22(26)30)15(10-7-8-13(23)14(24)9-10)16-18(25-20)11-5-3-4-6-12(11)19(16)28/h3-9,15-16H,1-2H3/t15-,16-/m0/s1. The second-order valence-corrected chi connectivity index (χ2v) is 8.29. The molecule has 0 radical (unpaired) electrons. The van der Waals surface area contributed by atoms with Gasteiger partial charge in [-0.3, -0.25) is 18.7 Å². The molecule has 3 aromatic rings. The fourth-order valence-corrected chi connectivity index (χ4v) is 4.74. The van der Waals surface area contributed by atoms with E-state index in [0.717, 1.165) is 10.1 Å². The molecule has 6 nitrogen and oxygen atoms in total. The van der Waals surface area contributed by atoms with Gasteiger partial charge in [-0.15, -0.1) is 0 Å². The Kier molecular flexibility index (Phi) is 4.14. The Hall–Kier alpha value is -2.96. The summed E-state index contributed by atoms with van der Waals surface area (Å²) in [6.07, 6.45) is 0. The molecule has 0 saturated carbocycles. The third kappa shape index (κ3) is 2.44. The topological polar surface area (TPSA) is 73.4 Å². The fourth-order valence-electron chi connectivity index (χ4n) is 4.43. The molecule has 1 aliphatic heterocycles. The van der Waals surface area contributed by atoms with Gasteiger partial charge in [0.25, 0.3) is 5.56 Å². The van der Waals surface area contributed by atoms with Crippen LogP contribution < -0.4 is 11.2 Å². The SMILES string of the molecule is Cn1c2c(c(=O)n(C)c1=O)[C@@H](c1ccc(Cl)c(Cl)c1)[C@@H]1C(=O)c3ccccc3C1=N2. The molecule has 2 atom stereocenters. The van der Waals surface area contributed by atoms with Crippen LogP contribution in [0.5, 0.6) is 0 Å². The van der Waals surface area contributed by atoms with Crippen molar-refractivity contribution in [1.82, 2.24) is 9.13 Å². The Morgan fingerprint density at radius 1 is 0.867 bits per heavy atom. The van der Waals surface area contributed by atoms with Crippen LogP contribution in [0.1, 0.15) is 33.0 Å². The number of halogens is 2. The molecule has 150 valence electrons. The van der Waals surface area contributed by atoms with E-state index in [1.165, 1.54) is 11.6 Å². The number of carbonyl (C=O) groups excluding carboxylic acids is 1. The van der Waals surface area contributed by atoms with Gasteiger partial charge < -0.3 is 0 Å². The first-order valence-corrected chi connectivity index (χ1v) is 10.0. The molecule has 2 aromatic carbocycles. The van der Waals surface area contributed by atoms with E-state index in [0.29, 0.717) is 32.4 Å². The van der Waals surface area contributed by atoms with Gasteiger partial charge in [-0.1, -0.05) is 53.5 Å². The van der Waals surface area contributed by atoms with Crippen LogP contribution in [0.3, 0.4) is 0 Å². The fraction of sp³-hybridized carbons (Fsp3) is 0.182. The van der Waals surface area contributed by atoms with Crippen molar-refractivity contribution in [2.45, 2.75) is 5.92 Å². The summed E-state index contributed by atoms with van der Waals surface area (Å²) in [5.74, 6) is -1.18. The maximum absolute atomic E-state index is 13.4. The molecule has 0 N–H and O–H groups in total. The average molecular weight is 440 g/mol. The highest BCUT2D eigenvalue weighted by molar-refractivity contribution is 6.42. The van der Waals surface area contributed by atoms with Gasteiger partial charge in [0, 0.05) is 31.1 Å². The molecule has 1 aliphatic carbocycles. The maximum Gasteiger partial charge on any atom is 0.332 e. The first-order chi connectivity index (χ1) is 14.3. The Balaban J connectivity index is 1.91. The van der Waals surface area contributed by atoms with Gasteiger partial charge in [0.2, 0.25) is 0 Å². The van der Waals surface area contributed by atoms with Crippen molar-refractivity contribution < 1.29 is 4.79 Å². The zero-order chi connectivity index (χ0) is 21.3. The van der Waals surface area contributed by atoms with Crippen LogP contribution in [0.4, 0.5) is 5.82 Å². The van der Waals surface area contributed by atoms with Gasteiger partial charge in [-0.25, -0.2) is 9.79 Å². The highest BCUT2D eigenvalue weighted by atomic mass is 35.5. The summed E-state index contributed by atoms with van der Waals surface area (Å²) in [5, 5.41) is 0.698. The second kappa shape index (κ2) is 6.52.